The average molecular weight is 331 g/mol. The summed E-state index contributed by atoms with van der Waals surface area (Å²) in [6.07, 6.45) is 0.438. The highest BCUT2D eigenvalue weighted by atomic mass is 19.1. The van der Waals surface area contributed by atoms with Crippen LogP contribution in [-0.2, 0) is 4.79 Å². The monoisotopic (exact) mass is 331 g/mol. The minimum atomic E-state index is -0.814. The van der Waals surface area contributed by atoms with Gasteiger partial charge in [-0.15, -0.1) is 0 Å². The Labute approximate surface area is 138 Å². The van der Waals surface area contributed by atoms with Gasteiger partial charge in [-0.25, -0.2) is 4.39 Å². The van der Waals surface area contributed by atoms with Gasteiger partial charge in [-0.05, 0) is 48.7 Å². The number of piperidine rings is 1. The number of halogens is 1. The Kier molecular flexibility index (Phi) is 4.38. The van der Waals surface area contributed by atoms with Gasteiger partial charge >= 0.3 is 5.97 Å². The van der Waals surface area contributed by atoms with Crippen LogP contribution in [0.15, 0.2) is 40.8 Å². The van der Waals surface area contributed by atoms with Crippen LogP contribution in [0.3, 0.4) is 0 Å². The molecule has 2 unspecified atom stereocenters. The van der Waals surface area contributed by atoms with Crippen LogP contribution in [-0.4, -0.2) is 35.0 Å². The molecule has 1 aliphatic heterocycles. The van der Waals surface area contributed by atoms with E-state index < -0.39 is 11.9 Å². The second-order valence-electron chi connectivity index (χ2n) is 6.13. The van der Waals surface area contributed by atoms with E-state index in [9.17, 15) is 14.0 Å². The molecule has 1 fully saturated rings. The number of carboxylic acids is 1. The molecule has 1 N–H and O–H groups in total. The van der Waals surface area contributed by atoms with E-state index in [-0.39, 0.29) is 23.4 Å². The molecule has 0 radical (unpaired) electrons. The standard InChI is InChI=1S/C18H18FNO4/c1-11-10-20(9-8-14(11)18(22)23)17(21)16-7-6-15(24-16)12-2-4-13(19)5-3-12/h2-7,11,14H,8-10H2,1H3,(H,22,23). The molecule has 1 saturated heterocycles. The van der Waals surface area contributed by atoms with Gasteiger partial charge in [0.2, 0.25) is 0 Å². The van der Waals surface area contributed by atoms with Gasteiger partial charge in [0.05, 0.1) is 5.92 Å². The number of hydrogen-bond donors (Lipinski definition) is 1. The predicted octanol–water partition coefficient (Wildman–Crippen LogP) is 3.27. The second kappa shape index (κ2) is 6.47. The van der Waals surface area contributed by atoms with Gasteiger partial charge in [0.15, 0.2) is 5.76 Å². The fourth-order valence-corrected chi connectivity index (χ4v) is 3.07. The van der Waals surface area contributed by atoms with Crippen LogP contribution in [0.25, 0.3) is 11.3 Å². The third-order valence-electron chi connectivity index (χ3n) is 4.46. The second-order valence-corrected chi connectivity index (χ2v) is 6.13. The van der Waals surface area contributed by atoms with Gasteiger partial charge in [0.1, 0.15) is 11.6 Å². The van der Waals surface area contributed by atoms with E-state index >= 15 is 0 Å². The number of likely N-dealkylation sites (tertiary alicyclic amines) is 1. The van der Waals surface area contributed by atoms with Gasteiger partial charge in [0, 0.05) is 18.7 Å². The summed E-state index contributed by atoms with van der Waals surface area (Å²) in [5.41, 5.74) is 0.688. The number of amides is 1. The molecule has 0 spiro atoms. The summed E-state index contributed by atoms with van der Waals surface area (Å²) in [7, 11) is 0. The molecule has 0 aliphatic carbocycles. The maximum absolute atomic E-state index is 13.0. The molecule has 2 atom stereocenters. The van der Waals surface area contributed by atoms with Crippen molar-refractivity contribution in [1.29, 1.82) is 0 Å². The maximum atomic E-state index is 13.0. The van der Waals surface area contributed by atoms with Crippen molar-refractivity contribution in [3.8, 4) is 11.3 Å². The first-order valence-electron chi connectivity index (χ1n) is 7.83. The molecule has 1 amide bonds. The number of furan rings is 1. The van der Waals surface area contributed by atoms with Gasteiger partial charge in [-0.3, -0.25) is 9.59 Å². The molecule has 5 nitrogen and oxygen atoms in total. The zero-order valence-electron chi connectivity index (χ0n) is 13.2. The lowest BCUT2D eigenvalue weighted by Crippen LogP contribution is -2.44. The first kappa shape index (κ1) is 16.2. The quantitative estimate of drug-likeness (QED) is 0.937. The summed E-state index contributed by atoms with van der Waals surface area (Å²) >= 11 is 0. The first-order chi connectivity index (χ1) is 11.5. The lowest BCUT2D eigenvalue weighted by Gasteiger charge is -2.34. The molecule has 1 aromatic heterocycles. The molecule has 6 heteroatoms. The van der Waals surface area contributed by atoms with E-state index in [4.69, 9.17) is 9.52 Å². The smallest absolute Gasteiger partial charge is 0.306 e. The summed E-state index contributed by atoms with van der Waals surface area (Å²) in [5.74, 6) is -1.23. The molecule has 1 aliphatic rings. The Morgan fingerprint density at radius 2 is 1.92 bits per heavy atom. The number of rotatable bonds is 3. The number of hydrogen-bond acceptors (Lipinski definition) is 3. The van der Waals surface area contributed by atoms with Crippen molar-refractivity contribution in [3.63, 3.8) is 0 Å². The number of carboxylic acid groups (broad SMARTS) is 1. The average Bonchev–Trinajstić information content (AvgIpc) is 3.04. The molecular formula is C18H18FNO4. The Bertz CT molecular complexity index is 753. The van der Waals surface area contributed by atoms with E-state index in [0.29, 0.717) is 30.8 Å². The summed E-state index contributed by atoms with van der Waals surface area (Å²) in [6, 6.07) is 9.10. The molecule has 0 saturated carbocycles. The summed E-state index contributed by atoms with van der Waals surface area (Å²) in [4.78, 5) is 25.3. The van der Waals surface area contributed by atoms with Crippen LogP contribution < -0.4 is 0 Å². The van der Waals surface area contributed by atoms with Crippen LogP contribution in [0.1, 0.15) is 23.9 Å². The van der Waals surface area contributed by atoms with Crippen LogP contribution in [0.2, 0.25) is 0 Å². The highest BCUT2D eigenvalue weighted by Crippen LogP contribution is 2.27. The number of carbonyl (C=O) groups excluding carboxylic acids is 1. The Hall–Kier alpha value is -2.63. The molecule has 2 aromatic rings. The van der Waals surface area contributed by atoms with E-state index in [0.717, 1.165) is 0 Å². The van der Waals surface area contributed by atoms with Crippen LogP contribution >= 0.6 is 0 Å². The van der Waals surface area contributed by atoms with Crippen molar-refractivity contribution < 1.29 is 23.5 Å². The fourth-order valence-electron chi connectivity index (χ4n) is 3.07. The third-order valence-corrected chi connectivity index (χ3v) is 4.46. The molecule has 24 heavy (non-hydrogen) atoms. The molecular weight excluding hydrogens is 313 g/mol. The molecule has 3 rings (SSSR count). The van der Waals surface area contributed by atoms with Crippen LogP contribution in [0.4, 0.5) is 4.39 Å². The Morgan fingerprint density at radius 3 is 2.54 bits per heavy atom. The lowest BCUT2D eigenvalue weighted by atomic mass is 9.87. The molecule has 2 heterocycles. The summed E-state index contributed by atoms with van der Waals surface area (Å²) < 4.78 is 18.6. The number of aliphatic carboxylic acids is 1. The zero-order chi connectivity index (χ0) is 17.3. The van der Waals surface area contributed by atoms with Crippen molar-refractivity contribution in [3.05, 3.63) is 48.0 Å². The first-order valence-corrected chi connectivity index (χ1v) is 7.83. The van der Waals surface area contributed by atoms with Crippen molar-refractivity contribution in [2.45, 2.75) is 13.3 Å². The Balaban J connectivity index is 1.72. The van der Waals surface area contributed by atoms with E-state index in [1.54, 1.807) is 29.2 Å². The van der Waals surface area contributed by atoms with Crippen molar-refractivity contribution in [2.75, 3.05) is 13.1 Å². The number of nitrogens with zero attached hydrogens (tertiary/aromatic N) is 1. The third kappa shape index (κ3) is 3.18. The Morgan fingerprint density at radius 1 is 1.21 bits per heavy atom. The zero-order valence-corrected chi connectivity index (χ0v) is 13.2. The summed E-state index contributed by atoms with van der Waals surface area (Å²) in [5, 5.41) is 9.15. The number of benzene rings is 1. The largest absolute Gasteiger partial charge is 0.481 e. The van der Waals surface area contributed by atoms with Gasteiger partial charge in [-0.2, -0.15) is 0 Å². The minimum absolute atomic E-state index is 0.105. The van der Waals surface area contributed by atoms with Crippen molar-refractivity contribution in [2.24, 2.45) is 11.8 Å². The van der Waals surface area contributed by atoms with E-state index in [1.165, 1.54) is 12.1 Å². The van der Waals surface area contributed by atoms with Crippen LogP contribution in [0.5, 0.6) is 0 Å². The minimum Gasteiger partial charge on any atom is -0.481 e. The van der Waals surface area contributed by atoms with Gasteiger partial charge < -0.3 is 14.4 Å². The number of carbonyl (C=O) groups is 2. The normalized spacial score (nSPS) is 20.8. The van der Waals surface area contributed by atoms with Gasteiger partial charge in [0.25, 0.3) is 5.91 Å². The highest BCUT2D eigenvalue weighted by Gasteiger charge is 2.34. The SMILES string of the molecule is CC1CN(C(=O)c2ccc(-c3ccc(F)cc3)o2)CCC1C(=O)O. The fraction of sp³-hybridized carbons (Fsp3) is 0.333. The molecule has 0 bridgehead atoms. The molecule has 1 aromatic carbocycles. The summed E-state index contributed by atoms with van der Waals surface area (Å²) in [6.45, 7) is 2.62. The maximum Gasteiger partial charge on any atom is 0.306 e. The van der Waals surface area contributed by atoms with Crippen molar-refractivity contribution in [1.82, 2.24) is 4.90 Å². The van der Waals surface area contributed by atoms with E-state index in [1.807, 2.05) is 6.92 Å². The predicted molar refractivity (Wildman–Crippen MR) is 84.9 cm³/mol. The molecule has 126 valence electrons. The topological polar surface area (TPSA) is 70.8 Å². The van der Waals surface area contributed by atoms with E-state index in [2.05, 4.69) is 0 Å². The van der Waals surface area contributed by atoms with Crippen molar-refractivity contribution >= 4 is 11.9 Å². The lowest BCUT2D eigenvalue weighted by molar-refractivity contribution is -0.145. The van der Waals surface area contributed by atoms with Gasteiger partial charge in [-0.1, -0.05) is 6.92 Å². The van der Waals surface area contributed by atoms with Crippen LogP contribution in [0, 0.1) is 17.7 Å². The highest BCUT2D eigenvalue weighted by molar-refractivity contribution is 5.92.